The van der Waals surface area contributed by atoms with E-state index in [9.17, 15) is 9.59 Å². The fourth-order valence-corrected chi connectivity index (χ4v) is 2.42. The fraction of sp³-hybridized carbons (Fsp3) is 0.385. The van der Waals surface area contributed by atoms with Gasteiger partial charge in [0.2, 0.25) is 0 Å². The lowest BCUT2D eigenvalue weighted by atomic mass is 10.1. The zero-order valence-corrected chi connectivity index (χ0v) is 11.2. The lowest BCUT2D eigenvalue weighted by Crippen LogP contribution is -2.40. The van der Waals surface area contributed by atoms with Crippen molar-refractivity contribution in [2.45, 2.75) is 18.9 Å². The molecule has 2 rings (SSSR count). The van der Waals surface area contributed by atoms with Gasteiger partial charge in [0.1, 0.15) is 11.8 Å². The van der Waals surface area contributed by atoms with Crippen LogP contribution < -0.4 is 4.74 Å². The Balaban J connectivity index is 2.26. The number of ether oxygens (including phenoxy) is 1. The van der Waals surface area contributed by atoms with E-state index in [1.807, 2.05) is 0 Å². The van der Waals surface area contributed by atoms with Crippen LogP contribution in [0.15, 0.2) is 18.2 Å². The third-order valence-electron chi connectivity index (χ3n) is 3.20. The smallest absolute Gasteiger partial charge is 0.326 e. The second kappa shape index (κ2) is 5.48. The van der Waals surface area contributed by atoms with Crippen LogP contribution in [0.1, 0.15) is 23.2 Å². The van der Waals surface area contributed by atoms with Crippen molar-refractivity contribution in [2.24, 2.45) is 0 Å². The first kappa shape index (κ1) is 13.7. The molecule has 1 aromatic rings. The first-order valence-electron chi connectivity index (χ1n) is 5.92. The SMILES string of the molecule is COc1cc(C(=O)N2CCC[C@H]2C(=O)O)ccc1Cl. The molecule has 1 aliphatic rings. The van der Waals surface area contributed by atoms with E-state index >= 15 is 0 Å². The van der Waals surface area contributed by atoms with Crippen molar-refractivity contribution >= 4 is 23.5 Å². The lowest BCUT2D eigenvalue weighted by molar-refractivity contribution is -0.141. The van der Waals surface area contributed by atoms with Gasteiger partial charge in [-0.05, 0) is 31.0 Å². The molecule has 19 heavy (non-hydrogen) atoms. The molecule has 5 nitrogen and oxygen atoms in total. The summed E-state index contributed by atoms with van der Waals surface area (Å²) in [6, 6.07) is 3.93. The van der Waals surface area contributed by atoms with Gasteiger partial charge >= 0.3 is 5.97 Å². The largest absolute Gasteiger partial charge is 0.495 e. The van der Waals surface area contributed by atoms with Crippen molar-refractivity contribution in [1.82, 2.24) is 4.90 Å². The molecule has 1 aliphatic heterocycles. The Hall–Kier alpha value is -1.75. The van der Waals surface area contributed by atoms with Gasteiger partial charge in [0.25, 0.3) is 5.91 Å². The number of carboxylic acids is 1. The number of amides is 1. The average Bonchev–Trinajstić information content (AvgIpc) is 2.87. The van der Waals surface area contributed by atoms with Crippen LogP contribution in [0.5, 0.6) is 5.75 Å². The molecule has 0 bridgehead atoms. The maximum atomic E-state index is 12.3. The van der Waals surface area contributed by atoms with Gasteiger partial charge in [0, 0.05) is 12.1 Å². The van der Waals surface area contributed by atoms with Crippen molar-refractivity contribution < 1.29 is 19.4 Å². The van der Waals surface area contributed by atoms with E-state index < -0.39 is 12.0 Å². The molecule has 1 heterocycles. The Morgan fingerprint density at radius 3 is 2.84 bits per heavy atom. The van der Waals surface area contributed by atoms with Crippen molar-refractivity contribution in [3.63, 3.8) is 0 Å². The predicted molar refractivity (Wildman–Crippen MR) is 69.7 cm³/mol. The molecule has 0 unspecified atom stereocenters. The Bertz CT molecular complexity index is 517. The molecule has 0 aliphatic carbocycles. The fourth-order valence-electron chi connectivity index (χ4n) is 2.23. The molecule has 0 radical (unpaired) electrons. The van der Waals surface area contributed by atoms with E-state index in [4.69, 9.17) is 21.4 Å². The number of carboxylic acid groups (broad SMARTS) is 1. The number of likely N-dealkylation sites (tertiary alicyclic amines) is 1. The molecule has 1 N–H and O–H groups in total. The average molecular weight is 284 g/mol. The molecule has 1 atom stereocenters. The van der Waals surface area contributed by atoms with Gasteiger partial charge in [-0.1, -0.05) is 11.6 Å². The van der Waals surface area contributed by atoms with Crippen LogP contribution in [0.4, 0.5) is 0 Å². The highest BCUT2D eigenvalue weighted by molar-refractivity contribution is 6.32. The van der Waals surface area contributed by atoms with Gasteiger partial charge in [-0.15, -0.1) is 0 Å². The summed E-state index contributed by atoms with van der Waals surface area (Å²) in [6.07, 6.45) is 1.19. The van der Waals surface area contributed by atoms with Crippen molar-refractivity contribution in [3.05, 3.63) is 28.8 Å². The van der Waals surface area contributed by atoms with Crippen LogP contribution in [-0.2, 0) is 4.79 Å². The van der Waals surface area contributed by atoms with E-state index in [1.165, 1.54) is 18.1 Å². The van der Waals surface area contributed by atoms with E-state index in [0.29, 0.717) is 35.7 Å². The van der Waals surface area contributed by atoms with Crippen molar-refractivity contribution in [2.75, 3.05) is 13.7 Å². The van der Waals surface area contributed by atoms with Crippen LogP contribution in [0.3, 0.4) is 0 Å². The second-order valence-corrected chi connectivity index (χ2v) is 4.75. The third kappa shape index (κ3) is 2.66. The molecule has 1 aromatic carbocycles. The van der Waals surface area contributed by atoms with Gasteiger partial charge in [-0.3, -0.25) is 4.79 Å². The predicted octanol–water partition coefficient (Wildman–Crippen LogP) is 2.04. The molecule has 1 fully saturated rings. The molecule has 0 saturated carbocycles. The van der Waals surface area contributed by atoms with Gasteiger partial charge in [0.15, 0.2) is 0 Å². The minimum absolute atomic E-state index is 0.306. The number of hydrogen-bond donors (Lipinski definition) is 1. The normalized spacial score (nSPS) is 18.4. The quantitative estimate of drug-likeness (QED) is 0.922. The summed E-state index contributed by atoms with van der Waals surface area (Å²) < 4.78 is 5.05. The molecule has 102 valence electrons. The van der Waals surface area contributed by atoms with E-state index in [-0.39, 0.29) is 5.91 Å². The number of halogens is 1. The number of benzene rings is 1. The van der Waals surface area contributed by atoms with E-state index in [0.717, 1.165) is 0 Å². The number of aliphatic carboxylic acids is 1. The number of hydrogen-bond acceptors (Lipinski definition) is 3. The summed E-state index contributed by atoms with van der Waals surface area (Å²) in [5.74, 6) is -0.870. The number of nitrogens with zero attached hydrogens (tertiary/aromatic N) is 1. The number of rotatable bonds is 3. The van der Waals surface area contributed by atoms with E-state index in [2.05, 4.69) is 0 Å². The second-order valence-electron chi connectivity index (χ2n) is 4.34. The Morgan fingerprint density at radius 1 is 1.47 bits per heavy atom. The van der Waals surface area contributed by atoms with Crippen LogP contribution in [0.2, 0.25) is 5.02 Å². The molecule has 0 aromatic heterocycles. The number of carbonyl (C=O) groups excluding carboxylic acids is 1. The van der Waals surface area contributed by atoms with Crippen molar-refractivity contribution in [3.8, 4) is 5.75 Å². The highest BCUT2D eigenvalue weighted by atomic mass is 35.5. The Labute approximate surface area is 115 Å². The van der Waals surface area contributed by atoms with Crippen LogP contribution in [0, 0.1) is 0 Å². The van der Waals surface area contributed by atoms with Gasteiger partial charge in [-0.2, -0.15) is 0 Å². The molecular weight excluding hydrogens is 270 g/mol. The van der Waals surface area contributed by atoms with Crippen LogP contribution >= 0.6 is 11.6 Å². The molecule has 1 amide bonds. The summed E-state index contributed by atoms with van der Waals surface area (Å²) in [6.45, 7) is 0.459. The highest BCUT2D eigenvalue weighted by Crippen LogP contribution is 2.27. The van der Waals surface area contributed by atoms with Crippen LogP contribution in [0.25, 0.3) is 0 Å². The summed E-state index contributed by atoms with van der Waals surface area (Å²) in [5, 5.41) is 9.50. The molecular formula is C13H14ClNO4. The van der Waals surface area contributed by atoms with Crippen LogP contribution in [-0.4, -0.2) is 41.6 Å². The first-order chi connectivity index (χ1) is 9.04. The summed E-state index contributed by atoms with van der Waals surface area (Å²) in [7, 11) is 1.46. The topological polar surface area (TPSA) is 66.8 Å². The molecule has 6 heteroatoms. The monoisotopic (exact) mass is 283 g/mol. The first-order valence-corrected chi connectivity index (χ1v) is 6.29. The Kier molecular flexibility index (Phi) is 3.95. The highest BCUT2D eigenvalue weighted by Gasteiger charge is 2.34. The maximum Gasteiger partial charge on any atom is 0.326 e. The number of methoxy groups -OCH3 is 1. The van der Waals surface area contributed by atoms with E-state index in [1.54, 1.807) is 12.1 Å². The van der Waals surface area contributed by atoms with Crippen molar-refractivity contribution in [1.29, 1.82) is 0 Å². The Morgan fingerprint density at radius 2 is 2.21 bits per heavy atom. The lowest BCUT2D eigenvalue weighted by Gasteiger charge is -2.21. The van der Waals surface area contributed by atoms with Gasteiger partial charge in [-0.25, -0.2) is 4.79 Å². The summed E-state index contributed by atoms with van der Waals surface area (Å²) in [4.78, 5) is 24.8. The summed E-state index contributed by atoms with van der Waals surface area (Å²) in [5.41, 5.74) is 0.384. The minimum Gasteiger partial charge on any atom is -0.495 e. The molecule has 1 saturated heterocycles. The van der Waals surface area contributed by atoms with Gasteiger partial charge in [0.05, 0.1) is 12.1 Å². The minimum atomic E-state index is -0.966. The third-order valence-corrected chi connectivity index (χ3v) is 3.51. The maximum absolute atomic E-state index is 12.3. The number of carbonyl (C=O) groups is 2. The molecule has 0 spiro atoms. The van der Waals surface area contributed by atoms with Gasteiger partial charge < -0.3 is 14.7 Å². The zero-order valence-electron chi connectivity index (χ0n) is 10.4. The summed E-state index contributed by atoms with van der Waals surface area (Å²) >= 11 is 5.90. The standard InChI is InChI=1S/C13H14ClNO4/c1-19-11-7-8(4-5-9(11)14)12(16)15-6-2-3-10(15)13(17)18/h4-5,7,10H,2-3,6H2,1H3,(H,17,18)/t10-/m0/s1. The zero-order chi connectivity index (χ0) is 14.0.